The first-order chi connectivity index (χ1) is 16.9. The molecule has 170 valence electrons. The van der Waals surface area contributed by atoms with Crippen LogP contribution in [0.25, 0.3) is 0 Å². The quantitative estimate of drug-likeness (QED) is 0.260. The summed E-state index contributed by atoms with van der Waals surface area (Å²) < 4.78 is 0. The van der Waals surface area contributed by atoms with Crippen molar-refractivity contribution in [1.29, 1.82) is 0 Å². The molecule has 7 rings (SSSR count). The van der Waals surface area contributed by atoms with Gasteiger partial charge in [-0.15, -0.1) is 0 Å². The molecule has 3 saturated carbocycles. The maximum atomic E-state index is 2.40. The average molecular weight is 479 g/mol. The van der Waals surface area contributed by atoms with E-state index >= 15 is 0 Å². The van der Waals surface area contributed by atoms with Gasteiger partial charge in [0.05, 0.1) is 0 Å². The molecule has 2 atom stereocenters. The monoisotopic (exact) mass is 478 g/mol. The van der Waals surface area contributed by atoms with Gasteiger partial charge in [-0.3, -0.25) is 0 Å². The van der Waals surface area contributed by atoms with Gasteiger partial charge in [-0.2, -0.15) is 0 Å². The largest absolute Gasteiger partial charge is 0.0622 e. The lowest BCUT2D eigenvalue weighted by atomic mass is 9.61. The van der Waals surface area contributed by atoms with Gasteiger partial charge < -0.3 is 0 Å². The third-order valence-corrected chi connectivity index (χ3v) is 13.6. The Kier molecular flexibility index (Phi) is 6.64. The van der Waals surface area contributed by atoms with Crippen molar-refractivity contribution in [2.45, 2.75) is 24.9 Å². The number of fused-ring (bicyclic) bond motifs is 2. The predicted octanol–water partition coefficient (Wildman–Crippen LogP) is 6.67. The highest BCUT2D eigenvalue weighted by atomic mass is 31.1. The van der Waals surface area contributed by atoms with E-state index in [0.717, 1.165) is 23.4 Å². The van der Waals surface area contributed by atoms with Crippen LogP contribution in [0.2, 0.25) is 0 Å². The molecule has 0 saturated heterocycles. The van der Waals surface area contributed by atoms with Gasteiger partial charge >= 0.3 is 0 Å². The minimum atomic E-state index is -0.368. The molecule has 3 aliphatic carbocycles. The molecule has 0 aliphatic heterocycles. The molecule has 0 radical (unpaired) electrons. The van der Waals surface area contributed by atoms with Crippen LogP contribution in [0.4, 0.5) is 0 Å². The molecular weight excluding hydrogens is 446 g/mol. The maximum absolute atomic E-state index is 2.40. The Morgan fingerprint density at radius 3 is 1.35 bits per heavy atom. The lowest BCUT2D eigenvalue weighted by molar-refractivity contribution is 0.0834. The third kappa shape index (κ3) is 4.52. The maximum Gasteiger partial charge on any atom is -0.00683 e. The van der Waals surface area contributed by atoms with Gasteiger partial charge in [0.1, 0.15) is 0 Å². The van der Waals surface area contributed by atoms with Gasteiger partial charge in [-0.25, -0.2) is 0 Å². The van der Waals surface area contributed by atoms with Gasteiger partial charge in [0.25, 0.3) is 0 Å². The first kappa shape index (κ1) is 22.2. The minimum absolute atomic E-state index is 0.351. The van der Waals surface area contributed by atoms with E-state index in [1.165, 1.54) is 36.0 Å². The van der Waals surface area contributed by atoms with Crippen molar-refractivity contribution in [2.75, 3.05) is 6.16 Å². The van der Waals surface area contributed by atoms with Crippen molar-refractivity contribution in [3.8, 4) is 0 Å². The molecule has 0 heterocycles. The van der Waals surface area contributed by atoms with E-state index in [-0.39, 0.29) is 15.8 Å². The van der Waals surface area contributed by atoms with E-state index in [0.29, 0.717) is 0 Å². The van der Waals surface area contributed by atoms with Crippen LogP contribution in [0.5, 0.6) is 0 Å². The molecular formula is C32H32P2. The number of hydrogen-bond donors (Lipinski definition) is 0. The van der Waals surface area contributed by atoms with Gasteiger partial charge in [0, 0.05) is 0 Å². The van der Waals surface area contributed by atoms with E-state index in [9.17, 15) is 0 Å². The fourth-order valence-corrected chi connectivity index (χ4v) is 12.4. The highest BCUT2D eigenvalue weighted by Crippen LogP contribution is 2.61. The highest BCUT2D eigenvalue weighted by Gasteiger charge is 2.49. The van der Waals surface area contributed by atoms with Crippen molar-refractivity contribution in [1.82, 2.24) is 0 Å². The Balaban J connectivity index is 1.40. The molecule has 2 bridgehead atoms. The van der Waals surface area contributed by atoms with Gasteiger partial charge in [-0.05, 0) is 85.9 Å². The van der Waals surface area contributed by atoms with Crippen LogP contribution in [-0.2, 0) is 0 Å². The van der Waals surface area contributed by atoms with Gasteiger partial charge in [0.2, 0.25) is 0 Å². The summed E-state index contributed by atoms with van der Waals surface area (Å²) >= 11 is 0. The number of hydrogen-bond acceptors (Lipinski definition) is 0. The summed E-state index contributed by atoms with van der Waals surface area (Å²) in [6.45, 7) is 0. The van der Waals surface area contributed by atoms with Crippen LogP contribution < -0.4 is 21.2 Å². The number of rotatable bonds is 7. The van der Waals surface area contributed by atoms with Crippen LogP contribution in [0, 0.1) is 17.8 Å². The highest BCUT2D eigenvalue weighted by molar-refractivity contribution is 7.74. The molecule has 0 unspecified atom stereocenters. The Hall–Kier alpha value is -2.26. The molecule has 0 spiro atoms. The normalized spacial score (nSPS) is 23.6. The van der Waals surface area contributed by atoms with Crippen molar-refractivity contribution in [3.05, 3.63) is 121 Å². The standard InChI is InChI=1S/C32H32P2/c1-5-13-28(14-6-1)33(29-15-7-2-8-16-29)24-27-23-25-21-26(22-25)32(27)34(30-17-9-3-10-18-30)31-19-11-4-12-20-31/h1-20,25-27,32H,21-24H2/t25?,26?,27-,32-/m1/s1. The zero-order valence-corrected chi connectivity index (χ0v) is 21.4. The first-order valence-electron chi connectivity index (χ1n) is 12.6. The first-order valence-corrected chi connectivity index (χ1v) is 15.6. The van der Waals surface area contributed by atoms with Gasteiger partial charge in [-0.1, -0.05) is 121 Å². The van der Waals surface area contributed by atoms with Crippen LogP contribution in [0.15, 0.2) is 121 Å². The van der Waals surface area contributed by atoms with Crippen molar-refractivity contribution in [3.63, 3.8) is 0 Å². The van der Waals surface area contributed by atoms with Crippen molar-refractivity contribution in [2.24, 2.45) is 17.8 Å². The molecule has 2 heteroatoms. The Morgan fingerprint density at radius 1 is 0.500 bits per heavy atom. The van der Waals surface area contributed by atoms with E-state index in [2.05, 4.69) is 121 Å². The van der Waals surface area contributed by atoms with Gasteiger partial charge in [0.15, 0.2) is 0 Å². The van der Waals surface area contributed by atoms with Crippen LogP contribution >= 0.6 is 15.8 Å². The summed E-state index contributed by atoms with van der Waals surface area (Å²) in [7, 11) is -0.719. The van der Waals surface area contributed by atoms with E-state index in [4.69, 9.17) is 0 Å². The second-order valence-electron chi connectivity index (χ2n) is 9.91. The van der Waals surface area contributed by atoms with Crippen LogP contribution in [-0.4, -0.2) is 11.8 Å². The molecule has 0 nitrogen and oxygen atoms in total. The van der Waals surface area contributed by atoms with E-state index in [1.54, 1.807) is 10.6 Å². The molecule has 3 fully saturated rings. The summed E-state index contributed by atoms with van der Waals surface area (Å²) in [5, 5.41) is 6.19. The van der Waals surface area contributed by atoms with Crippen LogP contribution in [0.1, 0.15) is 19.3 Å². The smallest absolute Gasteiger partial charge is 0.00683 e. The fraction of sp³-hybridized carbons (Fsp3) is 0.250. The van der Waals surface area contributed by atoms with Crippen molar-refractivity contribution < 1.29 is 0 Å². The third-order valence-electron chi connectivity index (χ3n) is 7.79. The topological polar surface area (TPSA) is 0 Å². The fourth-order valence-electron chi connectivity index (χ4n) is 6.30. The molecule has 0 aromatic heterocycles. The summed E-state index contributed by atoms with van der Waals surface area (Å²) in [4.78, 5) is 0. The molecule has 3 aliphatic rings. The lowest BCUT2D eigenvalue weighted by Gasteiger charge is -2.54. The summed E-state index contributed by atoms with van der Waals surface area (Å²) in [6.07, 6.45) is 5.64. The average Bonchev–Trinajstić information content (AvgIpc) is 2.90. The minimum Gasteiger partial charge on any atom is -0.0622 e. The molecule has 0 amide bonds. The zero-order chi connectivity index (χ0) is 22.7. The SMILES string of the molecule is c1ccc(P(C[C@H]2CC3CC(C3)[C@H]2P(c2ccccc2)c2ccccc2)c2ccccc2)cc1. The second kappa shape index (κ2) is 10.2. The van der Waals surface area contributed by atoms with Crippen molar-refractivity contribution >= 4 is 37.1 Å². The summed E-state index contributed by atoms with van der Waals surface area (Å²) in [6, 6.07) is 45.6. The van der Waals surface area contributed by atoms with E-state index < -0.39 is 0 Å². The molecule has 4 aromatic carbocycles. The predicted molar refractivity (Wildman–Crippen MR) is 151 cm³/mol. The molecule has 34 heavy (non-hydrogen) atoms. The van der Waals surface area contributed by atoms with Crippen LogP contribution in [0.3, 0.4) is 0 Å². The Morgan fingerprint density at radius 2 is 0.912 bits per heavy atom. The van der Waals surface area contributed by atoms with E-state index in [1.807, 2.05) is 0 Å². The molecule has 0 N–H and O–H groups in total. The Bertz CT molecular complexity index is 1090. The summed E-state index contributed by atoms with van der Waals surface area (Å²) in [5.41, 5.74) is 0.780. The summed E-state index contributed by atoms with van der Waals surface area (Å²) in [5.74, 6) is 2.63. The second-order valence-corrected chi connectivity index (χ2v) is 14.5. The number of benzene rings is 4. The lowest BCUT2D eigenvalue weighted by Crippen LogP contribution is -2.48. The Labute approximate surface area is 207 Å². The molecule has 4 aromatic rings. The zero-order valence-electron chi connectivity index (χ0n) is 19.6.